The van der Waals surface area contributed by atoms with E-state index in [0.717, 1.165) is 19.4 Å². The molecule has 3 N–H and O–H groups in total. The standard InChI is InChI=1S/C19H21N3O2.ClH/c23-18(13-15-10-5-11-20-15)21-16-8-4-9-17(12-16)22-19(24)14-6-2-1-3-7-14;/h1-4,6-9,12,15,20H,5,10-11,13H2,(H,21,23)(H,22,24);1H. The molecule has 0 aliphatic carbocycles. The van der Waals surface area contributed by atoms with Gasteiger partial charge in [-0.1, -0.05) is 24.3 Å². The van der Waals surface area contributed by atoms with Crippen LogP contribution >= 0.6 is 12.4 Å². The molecule has 2 aromatic carbocycles. The maximum Gasteiger partial charge on any atom is 0.255 e. The maximum absolute atomic E-state index is 12.2. The third kappa shape index (κ3) is 5.59. The van der Waals surface area contributed by atoms with Gasteiger partial charge in [-0.25, -0.2) is 0 Å². The lowest BCUT2D eigenvalue weighted by Crippen LogP contribution is -2.27. The van der Waals surface area contributed by atoms with E-state index in [2.05, 4.69) is 16.0 Å². The Kier molecular flexibility index (Phi) is 6.98. The number of rotatable bonds is 5. The van der Waals surface area contributed by atoms with Crippen molar-refractivity contribution in [1.82, 2.24) is 5.32 Å². The summed E-state index contributed by atoms with van der Waals surface area (Å²) >= 11 is 0. The Morgan fingerprint density at radius 3 is 2.40 bits per heavy atom. The highest BCUT2D eigenvalue weighted by Gasteiger charge is 2.17. The Bertz CT molecular complexity index is 716. The van der Waals surface area contributed by atoms with Gasteiger partial charge in [-0.05, 0) is 49.7 Å². The Balaban J connectivity index is 0.00000225. The average Bonchev–Trinajstić information content (AvgIpc) is 3.08. The van der Waals surface area contributed by atoms with Crippen LogP contribution in [0.25, 0.3) is 0 Å². The fourth-order valence-electron chi connectivity index (χ4n) is 2.83. The smallest absolute Gasteiger partial charge is 0.255 e. The van der Waals surface area contributed by atoms with Crippen LogP contribution in [0.3, 0.4) is 0 Å². The van der Waals surface area contributed by atoms with Gasteiger partial charge in [0.1, 0.15) is 0 Å². The zero-order valence-electron chi connectivity index (χ0n) is 13.8. The lowest BCUT2D eigenvalue weighted by Gasteiger charge is -2.11. The predicted octanol–water partition coefficient (Wildman–Crippen LogP) is 3.44. The van der Waals surface area contributed by atoms with Gasteiger partial charge in [0.25, 0.3) is 5.91 Å². The second-order valence-corrected chi connectivity index (χ2v) is 5.95. The summed E-state index contributed by atoms with van der Waals surface area (Å²) in [6.07, 6.45) is 2.64. The highest BCUT2D eigenvalue weighted by Crippen LogP contribution is 2.17. The van der Waals surface area contributed by atoms with Crippen molar-refractivity contribution in [3.05, 3.63) is 60.2 Å². The molecule has 25 heavy (non-hydrogen) atoms. The summed E-state index contributed by atoms with van der Waals surface area (Å²) in [6, 6.07) is 16.5. The molecular weight excluding hydrogens is 338 g/mol. The molecule has 1 saturated heterocycles. The van der Waals surface area contributed by atoms with Crippen LogP contribution in [-0.4, -0.2) is 24.4 Å². The monoisotopic (exact) mass is 359 g/mol. The average molecular weight is 360 g/mol. The molecule has 1 unspecified atom stereocenters. The molecule has 0 bridgehead atoms. The zero-order valence-corrected chi connectivity index (χ0v) is 14.6. The molecule has 1 heterocycles. The second kappa shape index (κ2) is 9.20. The zero-order chi connectivity index (χ0) is 16.8. The fraction of sp³-hybridized carbons (Fsp3) is 0.263. The van der Waals surface area contributed by atoms with Gasteiger partial charge < -0.3 is 16.0 Å². The van der Waals surface area contributed by atoms with Crippen molar-refractivity contribution in [2.24, 2.45) is 0 Å². The van der Waals surface area contributed by atoms with Crippen LogP contribution in [0.1, 0.15) is 29.6 Å². The van der Waals surface area contributed by atoms with Gasteiger partial charge in [0, 0.05) is 29.4 Å². The van der Waals surface area contributed by atoms with E-state index in [1.807, 2.05) is 30.3 Å². The van der Waals surface area contributed by atoms with Crippen LogP contribution in [0.5, 0.6) is 0 Å². The normalized spacial score (nSPS) is 15.9. The summed E-state index contributed by atoms with van der Waals surface area (Å²) in [5.74, 6) is -0.185. The maximum atomic E-state index is 12.2. The van der Waals surface area contributed by atoms with E-state index in [4.69, 9.17) is 0 Å². The summed E-state index contributed by atoms with van der Waals surface area (Å²) in [6.45, 7) is 0.985. The molecule has 0 aromatic heterocycles. The van der Waals surface area contributed by atoms with Crippen LogP contribution < -0.4 is 16.0 Å². The van der Waals surface area contributed by atoms with Crippen LogP contribution in [0, 0.1) is 0 Å². The van der Waals surface area contributed by atoms with Gasteiger partial charge >= 0.3 is 0 Å². The molecule has 6 heteroatoms. The molecule has 132 valence electrons. The first-order valence-corrected chi connectivity index (χ1v) is 8.20. The quantitative estimate of drug-likeness (QED) is 0.765. The molecule has 1 aliphatic heterocycles. The number of carbonyl (C=O) groups excluding carboxylic acids is 2. The molecule has 1 aliphatic rings. The number of halogens is 1. The highest BCUT2D eigenvalue weighted by atomic mass is 35.5. The first-order chi connectivity index (χ1) is 11.7. The molecule has 3 rings (SSSR count). The number of hydrogen-bond acceptors (Lipinski definition) is 3. The minimum Gasteiger partial charge on any atom is -0.326 e. The predicted molar refractivity (Wildman–Crippen MR) is 102 cm³/mol. The van der Waals surface area contributed by atoms with Crippen LogP contribution in [-0.2, 0) is 4.79 Å². The molecule has 0 saturated carbocycles. The molecule has 2 amide bonds. The largest absolute Gasteiger partial charge is 0.326 e. The first-order valence-electron chi connectivity index (χ1n) is 8.20. The van der Waals surface area contributed by atoms with Crippen LogP contribution in [0.15, 0.2) is 54.6 Å². The number of amides is 2. The summed E-state index contributed by atoms with van der Waals surface area (Å²) < 4.78 is 0. The molecule has 1 fully saturated rings. The molecular formula is C19H22ClN3O2. The Labute approximate surface area is 153 Å². The van der Waals surface area contributed by atoms with Crippen molar-refractivity contribution in [2.45, 2.75) is 25.3 Å². The summed E-state index contributed by atoms with van der Waals surface area (Å²) in [4.78, 5) is 24.3. The van der Waals surface area contributed by atoms with Crippen LogP contribution in [0.2, 0.25) is 0 Å². The number of benzene rings is 2. The molecule has 1 atom stereocenters. The van der Waals surface area contributed by atoms with Gasteiger partial charge in [-0.3, -0.25) is 9.59 Å². The van der Waals surface area contributed by atoms with Gasteiger partial charge in [0.15, 0.2) is 0 Å². The topological polar surface area (TPSA) is 70.2 Å². The fourth-order valence-corrected chi connectivity index (χ4v) is 2.83. The number of nitrogens with one attached hydrogen (secondary N) is 3. The van der Waals surface area contributed by atoms with Crippen LogP contribution in [0.4, 0.5) is 11.4 Å². The van der Waals surface area contributed by atoms with Crippen molar-refractivity contribution in [3.8, 4) is 0 Å². The Morgan fingerprint density at radius 1 is 1.00 bits per heavy atom. The van der Waals surface area contributed by atoms with Crippen molar-refractivity contribution in [1.29, 1.82) is 0 Å². The van der Waals surface area contributed by atoms with Gasteiger partial charge in [-0.15, -0.1) is 12.4 Å². The highest BCUT2D eigenvalue weighted by molar-refractivity contribution is 6.04. The second-order valence-electron chi connectivity index (χ2n) is 5.95. The lowest BCUT2D eigenvalue weighted by molar-refractivity contribution is -0.116. The van der Waals surface area contributed by atoms with Gasteiger partial charge in [-0.2, -0.15) is 0 Å². The lowest BCUT2D eigenvalue weighted by atomic mass is 10.1. The molecule has 2 aromatic rings. The minimum absolute atomic E-state index is 0. The van der Waals surface area contributed by atoms with Gasteiger partial charge in [0.05, 0.1) is 0 Å². The molecule has 5 nitrogen and oxygen atoms in total. The van der Waals surface area contributed by atoms with E-state index >= 15 is 0 Å². The number of carbonyl (C=O) groups is 2. The van der Waals surface area contributed by atoms with E-state index in [0.29, 0.717) is 23.4 Å². The van der Waals surface area contributed by atoms with E-state index in [1.165, 1.54) is 0 Å². The summed E-state index contributed by atoms with van der Waals surface area (Å²) in [5.41, 5.74) is 1.93. The van der Waals surface area contributed by atoms with Crippen molar-refractivity contribution >= 4 is 35.6 Å². The summed E-state index contributed by atoms with van der Waals surface area (Å²) in [5, 5.41) is 9.05. The third-order valence-electron chi connectivity index (χ3n) is 4.03. The Hall–Kier alpha value is -2.37. The number of hydrogen-bond donors (Lipinski definition) is 3. The van der Waals surface area contributed by atoms with E-state index in [-0.39, 0.29) is 30.3 Å². The molecule has 0 radical (unpaired) electrons. The van der Waals surface area contributed by atoms with E-state index in [1.54, 1.807) is 24.3 Å². The first kappa shape index (κ1) is 19.0. The number of anilines is 2. The Morgan fingerprint density at radius 2 is 1.72 bits per heavy atom. The van der Waals surface area contributed by atoms with Crippen molar-refractivity contribution < 1.29 is 9.59 Å². The van der Waals surface area contributed by atoms with Crippen molar-refractivity contribution in [3.63, 3.8) is 0 Å². The van der Waals surface area contributed by atoms with Crippen molar-refractivity contribution in [2.75, 3.05) is 17.2 Å². The SMILES string of the molecule is Cl.O=C(CC1CCCN1)Nc1cccc(NC(=O)c2ccccc2)c1. The van der Waals surface area contributed by atoms with E-state index < -0.39 is 0 Å². The minimum atomic E-state index is -0.172. The molecule has 0 spiro atoms. The van der Waals surface area contributed by atoms with Gasteiger partial charge in [0.2, 0.25) is 5.91 Å². The third-order valence-corrected chi connectivity index (χ3v) is 4.03. The summed E-state index contributed by atoms with van der Waals surface area (Å²) in [7, 11) is 0. The van der Waals surface area contributed by atoms with E-state index in [9.17, 15) is 9.59 Å².